The molecular formula is C48H30N4. The molecule has 0 saturated carbocycles. The van der Waals surface area contributed by atoms with Gasteiger partial charge >= 0.3 is 0 Å². The Labute approximate surface area is 301 Å². The van der Waals surface area contributed by atoms with Crippen molar-refractivity contribution in [3.8, 4) is 67.5 Å². The average Bonchev–Trinajstić information content (AvgIpc) is 3.23. The molecule has 2 aromatic heterocycles. The predicted octanol–water partition coefficient (Wildman–Crippen LogP) is 12.2. The Kier molecular flexibility index (Phi) is 7.10. The molecule has 242 valence electrons. The third kappa shape index (κ3) is 5.26. The summed E-state index contributed by atoms with van der Waals surface area (Å²) in [4.78, 5) is 19.5. The van der Waals surface area contributed by atoms with Crippen molar-refractivity contribution in [1.82, 2.24) is 19.9 Å². The third-order valence-corrected chi connectivity index (χ3v) is 9.98. The number of hydrogen-bond donors (Lipinski definition) is 0. The van der Waals surface area contributed by atoms with E-state index in [2.05, 4.69) is 157 Å². The van der Waals surface area contributed by atoms with Gasteiger partial charge in [0.2, 0.25) is 0 Å². The lowest BCUT2D eigenvalue weighted by molar-refractivity contribution is 1.07. The van der Waals surface area contributed by atoms with Gasteiger partial charge in [-0.3, -0.25) is 4.98 Å². The van der Waals surface area contributed by atoms with Crippen LogP contribution >= 0.6 is 0 Å². The molecule has 0 atom stereocenters. The maximum atomic E-state index is 5.07. The van der Waals surface area contributed by atoms with E-state index in [1.54, 1.807) is 6.20 Å². The van der Waals surface area contributed by atoms with Crippen molar-refractivity contribution in [2.45, 2.75) is 0 Å². The molecule has 52 heavy (non-hydrogen) atoms. The van der Waals surface area contributed by atoms with E-state index in [9.17, 15) is 0 Å². The minimum absolute atomic E-state index is 0.619. The molecule has 0 amide bonds. The van der Waals surface area contributed by atoms with Gasteiger partial charge in [-0.2, -0.15) is 0 Å². The summed E-state index contributed by atoms with van der Waals surface area (Å²) < 4.78 is 0. The molecule has 8 aromatic carbocycles. The fourth-order valence-electron chi connectivity index (χ4n) is 7.36. The minimum atomic E-state index is 0.619. The molecule has 0 fully saturated rings. The van der Waals surface area contributed by atoms with Crippen LogP contribution in [0.15, 0.2) is 182 Å². The van der Waals surface area contributed by atoms with Crippen molar-refractivity contribution in [3.05, 3.63) is 182 Å². The van der Waals surface area contributed by atoms with Crippen LogP contribution in [0.2, 0.25) is 0 Å². The largest absolute Gasteiger partial charge is 0.264 e. The maximum absolute atomic E-state index is 5.07. The van der Waals surface area contributed by atoms with Gasteiger partial charge in [-0.15, -0.1) is 0 Å². The molecule has 10 aromatic rings. The van der Waals surface area contributed by atoms with Crippen LogP contribution in [0.4, 0.5) is 0 Å². The number of hydrogen-bond acceptors (Lipinski definition) is 4. The molecule has 0 aliphatic rings. The average molecular weight is 663 g/mol. The molecule has 0 aliphatic carbocycles. The fourth-order valence-corrected chi connectivity index (χ4v) is 7.36. The highest BCUT2D eigenvalue weighted by atomic mass is 15.0. The van der Waals surface area contributed by atoms with Gasteiger partial charge in [0.05, 0.1) is 0 Å². The normalized spacial score (nSPS) is 11.5. The van der Waals surface area contributed by atoms with Gasteiger partial charge < -0.3 is 0 Å². The second kappa shape index (κ2) is 12.4. The van der Waals surface area contributed by atoms with Crippen molar-refractivity contribution in [2.75, 3.05) is 0 Å². The van der Waals surface area contributed by atoms with Crippen molar-refractivity contribution < 1.29 is 0 Å². The zero-order chi connectivity index (χ0) is 34.4. The van der Waals surface area contributed by atoms with Crippen LogP contribution in [0, 0.1) is 0 Å². The Bertz CT molecular complexity index is 2850. The molecule has 0 spiro atoms. The summed E-state index contributed by atoms with van der Waals surface area (Å²) in [6, 6.07) is 59.7. The number of pyridine rings is 1. The summed E-state index contributed by atoms with van der Waals surface area (Å²) >= 11 is 0. The van der Waals surface area contributed by atoms with E-state index in [4.69, 9.17) is 15.0 Å². The first kappa shape index (κ1) is 29.8. The second-order valence-electron chi connectivity index (χ2n) is 13.1. The van der Waals surface area contributed by atoms with Gasteiger partial charge in [-0.1, -0.05) is 158 Å². The predicted molar refractivity (Wildman–Crippen MR) is 214 cm³/mol. The fraction of sp³-hybridized carbons (Fsp3) is 0. The lowest BCUT2D eigenvalue weighted by Crippen LogP contribution is -2.00. The van der Waals surface area contributed by atoms with Crippen LogP contribution in [0.1, 0.15) is 0 Å². The molecule has 0 saturated heterocycles. The first-order valence-electron chi connectivity index (χ1n) is 17.5. The molecule has 0 bridgehead atoms. The molecule has 0 aliphatic heterocycles. The van der Waals surface area contributed by atoms with E-state index >= 15 is 0 Å². The Morgan fingerprint density at radius 1 is 0.308 bits per heavy atom. The Hall–Kier alpha value is -7.04. The first-order chi connectivity index (χ1) is 25.7. The lowest BCUT2D eigenvalue weighted by atomic mass is 9.90. The SMILES string of the molecule is c1ccc(-c2ccc(-c3nc(-c4ccc(-c5ccc6ccc7cccc8ccc5c6c78)cc4)nc(-c4cccc(-c5cccnc5)c4)n3)cc2)cc1. The molecule has 4 heteroatoms. The van der Waals surface area contributed by atoms with Gasteiger partial charge in [0.15, 0.2) is 17.5 Å². The van der Waals surface area contributed by atoms with E-state index in [-0.39, 0.29) is 0 Å². The zero-order valence-electron chi connectivity index (χ0n) is 28.1. The summed E-state index contributed by atoms with van der Waals surface area (Å²) in [6.45, 7) is 0. The lowest BCUT2D eigenvalue weighted by Gasteiger charge is -2.14. The molecule has 10 rings (SSSR count). The van der Waals surface area contributed by atoms with Gasteiger partial charge in [0.25, 0.3) is 0 Å². The number of benzene rings is 8. The zero-order valence-corrected chi connectivity index (χ0v) is 28.1. The summed E-state index contributed by atoms with van der Waals surface area (Å²) in [6.07, 6.45) is 3.66. The van der Waals surface area contributed by atoms with Gasteiger partial charge in [0.1, 0.15) is 0 Å². The topological polar surface area (TPSA) is 51.6 Å². The quantitative estimate of drug-likeness (QED) is 0.166. The molecule has 2 heterocycles. The highest BCUT2D eigenvalue weighted by molar-refractivity contribution is 6.25. The van der Waals surface area contributed by atoms with E-state index in [0.29, 0.717) is 17.5 Å². The summed E-state index contributed by atoms with van der Waals surface area (Å²) in [5, 5.41) is 7.69. The first-order valence-corrected chi connectivity index (χ1v) is 17.5. The monoisotopic (exact) mass is 662 g/mol. The van der Waals surface area contributed by atoms with Crippen molar-refractivity contribution in [1.29, 1.82) is 0 Å². The molecule has 0 radical (unpaired) electrons. The molecule has 4 nitrogen and oxygen atoms in total. The van der Waals surface area contributed by atoms with Crippen molar-refractivity contribution in [3.63, 3.8) is 0 Å². The smallest absolute Gasteiger partial charge is 0.164 e. The Morgan fingerprint density at radius 3 is 1.52 bits per heavy atom. The molecule has 0 N–H and O–H groups in total. The van der Waals surface area contributed by atoms with Gasteiger partial charge in [-0.25, -0.2) is 15.0 Å². The standard InChI is InChI=1S/C48H30N4/c1-2-7-31(8-3-1)32-14-20-37(21-15-32)46-50-47(52-48(51-46)40-12-5-11-39(29-40)41-13-6-28-49-30-41)38-22-16-33(17-23-38)42-26-24-36-19-18-34-9-4-10-35-25-27-43(42)45(36)44(34)35/h1-30H. The van der Waals surface area contributed by atoms with E-state index in [1.165, 1.54) is 43.4 Å². The number of aromatic nitrogens is 4. The molecule has 0 unspecified atom stereocenters. The van der Waals surface area contributed by atoms with E-state index in [1.807, 2.05) is 24.4 Å². The Balaban J connectivity index is 1.08. The van der Waals surface area contributed by atoms with E-state index < -0.39 is 0 Å². The summed E-state index contributed by atoms with van der Waals surface area (Å²) in [7, 11) is 0. The van der Waals surface area contributed by atoms with Gasteiger partial charge in [0, 0.05) is 34.6 Å². The van der Waals surface area contributed by atoms with Crippen molar-refractivity contribution in [2.24, 2.45) is 0 Å². The molecular weight excluding hydrogens is 633 g/mol. The summed E-state index contributed by atoms with van der Waals surface area (Å²) in [5.74, 6) is 1.87. The Morgan fingerprint density at radius 2 is 0.827 bits per heavy atom. The summed E-state index contributed by atoms with van der Waals surface area (Å²) in [5.41, 5.74) is 9.54. The number of rotatable bonds is 6. The van der Waals surface area contributed by atoms with Crippen LogP contribution in [-0.2, 0) is 0 Å². The van der Waals surface area contributed by atoms with Crippen LogP contribution in [0.25, 0.3) is 99.9 Å². The van der Waals surface area contributed by atoms with Crippen LogP contribution < -0.4 is 0 Å². The van der Waals surface area contributed by atoms with Crippen molar-refractivity contribution >= 4 is 32.3 Å². The highest BCUT2D eigenvalue weighted by Crippen LogP contribution is 2.39. The van der Waals surface area contributed by atoms with Crippen LogP contribution in [0.3, 0.4) is 0 Å². The highest BCUT2D eigenvalue weighted by Gasteiger charge is 2.15. The second-order valence-corrected chi connectivity index (χ2v) is 13.1. The van der Waals surface area contributed by atoms with Crippen LogP contribution in [0.5, 0.6) is 0 Å². The minimum Gasteiger partial charge on any atom is -0.264 e. The third-order valence-electron chi connectivity index (χ3n) is 9.98. The number of nitrogens with zero attached hydrogens (tertiary/aromatic N) is 4. The maximum Gasteiger partial charge on any atom is 0.164 e. The van der Waals surface area contributed by atoms with Gasteiger partial charge in [-0.05, 0) is 72.3 Å². The van der Waals surface area contributed by atoms with E-state index in [0.717, 1.165) is 38.9 Å². The van der Waals surface area contributed by atoms with Crippen LogP contribution in [-0.4, -0.2) is 19.9 Å².